The molecule has 0 amide bonds. The Hall–Kier alpha value is -1.25. The van der Waals surface area contributed by atoms with Crippen molar-refractivity contribution in [2.24, 2.45) is 12.5 Å². The van der Waals surface area contributed by atoms with E-state index in [0.29, 0.717) is 11.2 Å². The van der Waals surface area contributed by atoms with Crippen LogP contribution in [0.1, 0.15) is 38.5 Å². The third-order valence-electron chi connectivity index (χ3n) is 4.45. The van der Waals surface area contributed by atoms with Gasteiger partial charge in [0.1, 0.15) is 0 Å². The van der Waals surface area contributed by atoms with Gasteiger partial charge in [0, 0.05) is 13.2 Å². The predicted molar refractivity (Wildman–Crippen MR) is 66.2 cm³/mol. The van der Waals surface area contributed by atoms with E-state index in [-0.39, 0.29) is 11.7 Å². The summed E-state index contributed by atoms with van der Waals surface area (Å²) in [6.45, 7) is 0. The fourth-order valence-electron chi connectivity index (χ4n) is 3.23. The molecule has 0 bridgehead atoms. The second kappa shape index (κ2) is 3.90. The highest BCUT2D eigenvalue weighted by molar-refractivity contribution is 5.18. The molecule has 2 aliphatic rings. The summed E-state index contributed by atoms with van der Waals surface area (Å²) in [5, 5.41) is 0. The maximum atomic E-state index is 11.8. The van der Waals surface area contributed by atoms with Crippen LogP contribution in [0.4, 0.5) is 0 Å². The number of nitrogens with zero attached hydrogens (tertiary/aromatic N) is 1. The molecule has 17 heavy (non-hydrogen) atoms. The lowest BCUT2D eigenvalue weighted by molar-refractivity contribution is 0.113. The van der Waals surface area contributed by atoms with Gasteiger partial charge in [-0.3, -0.25) is 4.79 Å². The minimum absolute atomic E-state index is 0.0259. The zero-order chi connectivity index (χ0) is 11.9. The molecule has 0 N–H and O–H groups in total. The molecule has 1 aromatic rings. The maximum absolute atomic E-state index is 11.8. The number of rotatable bonds is 2. The zero-order valence-electron chi connectivity index (χ0n) is 10.3. The number of hydrogen-bond acceptors (Lipinski definition) is 2. The first-order chi connectivity index (χ1) is 8.19. The van der Waals surface area contributed by atoms with E-state index >= 15 is 0 Å². The molecule has 2 fully saturated rings. The van der Waals surface area contributed by atoms with Gasteiger partial charge in [0.15, 0.2) is 5.75 Å². The number of aryl methyl sites for hydroxylation is 1. The molecule has 1 atom stereocenters. The highest BCUT2D eigenvalue weighted by Crippen LogP contribution is 2.53. The topological polar surface area (TPSA) is 31.2 Å². The van der Waals surface area contributed by atoms with E-state index in [1.54, 1.807) is 23.9 Å². The van der Waals surface area contributed by atoms with Crippen LogP contribution in [0.15, 0.2) is 23.1 Å². The van der Waals surface area contributed by atoms with Gasteiger partial charge in [0.05, 0.1) is 6.10 Å². The van der Waals surface area contributed by atoms with Crippen molar-refractivity contribution in [1.82, 2.24) is 4.57 Å². The van der Waals surface area contributed by atoms with Crippen LogP contribution < -0.4 is 10.3 Å². The quantitative estimate of drug-likeness (QED) is 0.786. The van der Waals surface area contributed by atoms with Crippen molar-refractivity contribution >= 4 is 0 Å². The molecule has 2 aliphatic carbocycles. The number of hydrogen-bond donors (Lipinski definition) is 0. The Morgan fingerprint density at radius 3 is 2.88 bits per heavy atom. The Balaban J connectivity index is 1.71. The molecule has 3 nitrogen and oxygen atoms in total. The molecule has 3 heteroatoms. The van der Waals surface area contributed by atoms with Gasteiger partial charge in [-0.2, -0.15) is 0 Å². The Bertz CT molecular complexity index is 473. The average molecular weight is 233 g/mol. The lowest BCUT2D eigenvalue weighted by Gasteiger charge is -2.38. The van der Waals surface area contributed by atoms with E-state index in [0.717, 1.165) is 12.8 Å². The average Bonchev–Trinajstić information content (AvgIpc) is 2.69. The van der Waals surface area contributed by atoms with Crippen molar-refractivity contribution in [2.75, 3.05) is 0 Å². The highest BCUT2D eigenvalue weighted by Gasteiger charge is 2.44. The van der Waals surface area contributed by atoms with E-state index in [1.807, 2.05) is 6.07 Å². The maximum Gasteiger partial charge on any atom is 0.292 e. The van der Waals surface area contributed by atoms with Crippen LogP contribution in [-0.2, 0) is 7.05 Å². The Morgan fingerprint density at radius 1 is 1.41 bits per heavy atom. The minimum Gasteiger partial charge on any atom is -0.485 e. The molecule has 2 saturated carbocycles. The fourth-order valence-corrected chi connectivity index (χ4v) is 3.23. The largest absolute Gasteiger partial charge is 0.485 e. The van der Waals surface area contributed by atoms with Crippen LogP contribution in [0, 0.1) is 5.41 Å². The van der Waals surface area contributed by atoms with Crippen molar-refractivity contribution in [3.63, 3.8) is 0 Å². The summed E-state index contributed by atoms with van der Waals surface area (Å²) in [6.07, 6.45) is 9.65. The summed E-state index contributed by atoms with van der Waals surface area (Å²) >= 11 is 0. The minimum atomic E-state index is -0.0259. The number of aromatic nitrogens is 1. The van der Waals surface area contributed by atoms with Gasteiger partial charge in [-0.05, 0) is 49.7 Å². The van der Waals surface area contributed by atoms with E-state index in [4.69, 9.17) is 4.74 Å². The summed E-state index contributed by atoms with van der Waals surface area (Å²) in [5.41, 5.74) is 0.548. The Kier molecular flexibility index (Phi) is 2.49. The predicted octanol–water partition coefficient (Wildman–Crippen LogP) is 2.49. The molecule has 0 aliphatic heterocycles. The zero-order valence-corrected chi connectivity index (χ0v) is 10.3. The van der Waals surface area contributed by atoms with Gasteiger partial charge >= 0.3 is 0 Å². The van der Waals surface area contributed by atoms with Crippen molar-refractivity contribution in [2.45, 2.75) is 44.6 Å². The lowest BCUT2D eigenvalue weighted by Crippen LogP contribution is -2.28. The van der Waals surface area contributed by atoms with Gasteiger partial charge in [-0.25, -0.2) is 0 Å². The van der Waals surface area contributed by atoms with Gasteiger partial charge in [-0.1, -0.05) is 6.42 Å². The molecule has 1 unspecified atom stereocenters. The Morgan fingerprint density at radius 2 is 2.24 bits per heavy atom. The molecule has 92 valence electrons. The summed E-state index contributed by atoms with van der Waals surface area (Å²) in [4.78, 5) is 11.8. The normalized spacial score (nSPS) is 25.8. The third-order valence-corrected chi connectivity index (χ3v) is 4.45. The van der Waals surface area contributed by atoms with Crippen LogP contribution in [0.5, 0.6) is 5.75 Å². The van der Waals surface area contributed by atoms with Gasteiger partial charge in [0.25, 0.3) is 5.56 Å². The first kappa shape index (κ1) is 10.9. The second-order valence-corrected chi connectivity index (χ2v) is 5.62. The van der Waals surface area contributed by atoms with Crippen LogP contribution in [0.3, 0.4) is 0 Å². The molecule has 1 spiro atoms. The number of pyridine rings is 1. The summed E-state index contributed by atoms with van der Waals surface area (Å²) in [5.74, 6) is 0.511. The molecule has 0 aromatic carbocycles. The molecule has 0 radical (unpaired) electrons. The van der Waals surface area contributed by atoms with Crippen LogP contribution >= 0.6 is 0 Å². The van der Waals surface area contributed by atoms with Gasteiger partial charge in [-0.15, -0.1) is 0 Å². The van der Waals surface area contributed by atoms with Crippen molar-refractivity contribution in [3.8, 4) is 5.75 Å². The van der Waals surface area contributed by atoms with E-state index in [9.17, 15) is 4.79 Å². The molecule has 1 aromatic heterocycles. The fraction of sp³-hybridized carbons (Fsp3) is 0.643. The van der Waals surface area contributed by atoms with Crippen LogP contribution in [0.25, 0.3) is 0 Å². The van der Waals surface area contributed by atoms with Gasteiger partial charge < -0.3 is 9.30 Å². The van der Waals surface area contributed by atoms with E-state index in [2.05, 4.69) is 0 Å². The summed E-state index contributed by atoms with van der Waals surface area (Å²) < 4.78 is 7.46. The molecular weight excluding hydrogens is 214 g/mol. The van der Waals surface area contributed by atoms with Crippen molar-refractivity contribution < 1.29 is 4.74 Å². The summed E-state index contributed by atoms with van der Waals surface area (Å²) in [7, 11) is 1.76. The van der Waals surface area contributed by atoms with E-state index < -0.39 is 0 Å². The van der Waals surface area contributed by atoms with Crippen molar-refractivity contribution in [1.29, 1.82) is 0 Å². The molecule has 1 heterocycles. The number of ether oxygens (including phenoxy) is 1. The highest BCUT2D eigenvalue weighted by atomic mass is 16.5. The third kappa shape index (κ3) is 1.88. The van der Waals surface area contributed by atoms with Crippen LogP contribution in [0.2, 0.25) is 0 Å². The molecule has 3 rings (SSSR count). The standard InChI is InChI=1S/C14H19NO2/c1-15-9-2-4-12(13(15)16)17-11-5-8-14(10-11)6-3-7-14/h2,4,9,11H,3,5-8,10H2,1H3. The summed E-state index contributed by atoms with van der Waals surface area (Å²) in [6, 6.07) is 3.65. The molecule has 0 saturated heterocycles. The molecular formula is C14H19NO2. The smallest absolute Gasteiger partial charge is 0.292 e. The second-order valence-electron chi connectivity index (χ2n) is 5.62. The first-order valence-electron chi connectivity index (χ1n) is 6.51. The lowest BCUT2D eigenvalue weighted by atomic mass is 9.68. The van der Waals surface area contributed by atoms with Gasteiger partial charge in [0.2, 0.25) is 0 Å². The van der Waals surface area contributed by atoms with Crippen LogP contribution in [-0.4, -0.2) is 10.7 Å². The first-order valence-corrected chi connectivity index (χ1v) is 6.51. The Labute approximate surface area is 101 Å². The van der Waals surface area contributed by atoms with Crippen molar-refractivity contribution in [3.05, 3.63) is 28.7 Å². The van der Waals surface area contributed by atoms with E-state index in [1.165, 1.54) is 25.7 Å². The SMILES string of the molecule is Cn1cccc(OC2CCC3(CCC3)C2)c1=O. The monoisotopic (exact) mass is 233 g/mol.